The van der Waals surface area contributed by atoms with Gasteiger partial charge >= 0.3 is 6.03 Å². The molecule has 0 aromatic heterocycles. The molecular weight excluding hydrogens is 335 g/mol. The van der Waals surface area contributed by atoms with Crippen molar-refractivity contribution in [2.45, 2.75) is 44.2 Å². The lowest BCUT2D eigenvalue weighted by Gasteiger charge is -2.57. The Bertz CT molecular complexity index is 737. The van der Waals surface area contributed by atoms with Gasteiger partial charge in [0.25, 0.3) is 0 Å². The first-order chi connectivity index (χ1) is 11.7. The van der Waals surface area contributed by atoms with Gasteiger partial charge in [-0.15, -0.1) is 0 Å². The SMILES string of the molecule is O=C(CN1Cc2cc(F)ccc2NC1=O)NC1CC2(C1)CC(F)(F)C2. The van der Waals surface area contributed by atoms with Crippen LogP contribution in [0.25, 0.3) is 0 Å². The number of rotatable bonds is 3. The number of hydrogen-bond donors (Lipinski definition) is 2. The zero-order chi connectivity index (χ0) is 17.8. The third-order valence-electron chi connectivity index (χ3n) is 5.28. The number of nitrogens with zero attached hydrogens (tertiary/aromatic N) is 1. The van der Waals surface area contributed by atoms with Crippen molar-refractivity contribution >= 4 is 17.6 Å². The van der Waals surface area contributed by atoms with Gasteiger partial charge in [0.1, 0.15) is 12.4 Å². The summed E-state index contributed by atoms with van der Waals surface area (Å²) in [5, 5.41) is 5.41. The van der Waals surface area contributed by atoms with Gasteiger partial charge in [0.05, 0.1) is 6.54 Å². The monoisotopic (exact) mass is 353 g/mol. The van der Waals surface area contributed by atoms with E-state index in [0.717, 1.165) is 0 Å². The van der Waals surface area contributed by atoms with E-state index in [9.17, 15) is 22.8 Å². The van der Waals surface area contributed by atoms with Gasteiger partial charge in [0, 0.05) is 24.6 Å². The van der Waals surface area contributed by atoms with Gasteiger partial charge in [-0.1, -0.05) is 0 Å². The van der Waals surface area contributed by atoms with E-state index in [2.05, 4.69) is 10.6 Å². The summed E-state index contributed by atoms with van der Waals surface area (Å²) in [4.78, 5) is 25.5. The molecule has 0 saturated heterocycles. The molecule has 0 bridgehead atoms. The number of benzene rings is 1. The molecular formula is C17H18F3N3O2. The maximum Gasteiger partial charge on any atom is 0.322 e. The summed E-state index contributed by atoms with van der Waals surface area (Å²) in [6.45, 7) is -0.00534. The molecule has 1 aliphatic heterocycles. The molecule has 134 valence electrons. The predicted molar refractivity (Wildman–Crippen MR) is 83.6 cm³/mol. The number of fused-ring (bicyclic) bond motifs is 1. The van der Waals surface area contributed by atoms with Gasteiger partial charge in [-0.3, -0.25) is 4.79 Å². The molecule has 1 spiro atoms. The van der Waals surface area contributed by atoms with Crippen molar-refractivity contribution in [3.05, 3.63) is 29.6 Å². The first kappa shape index (κ1) is 16.2. The van der Waals surface area contributed by atoms with Gasteiger partial charge in [0.2, 0.25) is 11.8 Å². The van der Waals surface area contributed by atoms with Crippen molar-refractivity contribution in [1.29, 1.82) is 0 Å². The lowest BCUT2D eigenvalue weighted by Crippen LogP contribution is -2.60. The maximum atomic E-state index is 13.3. The summed E-state index contributed by atoms with van der Waals surface area (Å²) in [7, 11) is 0. The number of carbonyl (C=O) groups excluding carboxylic acids is 2. The Morgan fingerprint density at radius 3 is 2.72 bits per heavy atom. The highest BCUT2D eigenvalue weighted by atomic mass is 19.3. The summed E-state index contributed by atoms with van der Waals surface area (Å²) in [5.74, 6) is -3.29. The van der Waals surface area contributed by atoms with Crippen LogP contribution in [0.5, 0.6) is 0 Å². The topological polar surface area (TPSA) is 61.4 Å². The second kappa shape index (κ2) is 5.37. The largest absolute Gasteiger partial charge is 0.352 e. The minimum absolute atomic E-state index is 0.0940. The summed E-state index contributed by atoms with van der Waals surface area (Å²) < 4.78 is 39.3. The molecule has 1 heterocycles. The standard InChI is InChI=1S/C17H18F3N3O2/c18-11-1-2-13-10(3-11)6-23(15(25)22-13)7-14(24)21-12-4-16(5-12)8-17(19,20)9-16/h1-3,12H,4-9H2,(H,21,24)(H,22,25). The van der Waals surface area contributed by atoms with Crippen molar-refractivity contribution in [2.24, 2.45) is 5.41 Å². The van der Waals surface area contributed by atoms with Crippen LogP contribution < -0.4 is 10.6 Å². The highest BCUT2D eigenvalue weighted by molar-refractivity contribution is 5.94. The quantitative estimate of drug-likeness (QED) is 0.878. The van der Waals surface area contributed by atoms with Crippen LogP contribution in [0.3, 0.4) is 0 Å². The summed E-state index contributed by atoms with van der Waals surface area (Å²) in [5.41, 5.74) is 0.835. The minimum Gasteiger partial charge on any atom is -0.352 e. The Balaban J connectivity index is 1.29. The molecule has 1 aromatic rings. The van der Waals surface area contributed by atoms with Gasteiger partial charge < -0.3 is 15.5 Å². The molecule has 4 rings (SSSR count). The lowest BCUT2D eigenvalue weighted by molar-refractivity contribution is -0.198. The number of halogens is 3. The average Bonchev–Trinajstić information content (AvgIpc) is 2.44. The van der Waals surface area contributed by atoms with Crippen LogP contribution in [0, 0.1) is 11.2 Å². The maximum absolute atomic E-state index is 13.3. The van der Waals surface area contributed by atoms with E-state index < -0.39 is 17.8 Å². The fourth-order valence-electron chi connectivity index (χ4n) is 4.28. The normalized spacial score (nSPS) is 23.3. The number of carbonyl (C=O) groups is 2. The highest BCUT2D eigenvalue weighted by Gasteiger charge is 2.61. The molecule has 8 heteroatoms. The van der Waals surface area contributed by atoms with E-state index in [1.807, 2.05) is 0 Å². The van der Waals surface area contributed by atoms with Crippen molar-refractivity contribution in [3.63, 3.8) is 0 Å². The van der Waals surface area contributed by atoms with E-state index >= 15 is 0 Å². The molecule has 1 aromatic carbocycles. The van der Waals surface area contributed by atoms with Crippen molar-refractivity contribution in [1.82, 2.24) is 10.2 Å². The van der Waals surface area contributed by atoms with Gasteiger partial charge in [-0.05, 0) is 42.0 Å². The molecule has 2 N–H and O–H groups in total. The Morgan fingerprint density at radius 2 is 2.04 bits per heavy atom. The van der Waals surface area contributed by atoms with Gasteiger partial charge in [-0.2, -0.15) is 0 Å². The van der Waals surface area contributed by atoms with Crippen molar-refractivity contribution in [2.75, 3.05) is 11.9 Å². The highest BCUT2D eigenvalue weighted by Crippen LogP contribution is 2.62. The van der Waals surface area contributed by atoms with E-state index in [-0.39, 0.29) is 43.3 Å². The van der Waals surface area contributed by atoms with Crippen LogP contribution in [0.2, 0.25) is 0 Å². The van der Waals surface area contributed by atoms with E-state index in [4.69, 9.17) is 0 Å². The molecule has 3 amide bonds. The van der Waals surface area contributed by atoms with Crippen molar-refractivity contribution < 1.29 is 22.8 Å². The lowest BCUT2D eigenvalue weighted by atomic mass is 9.52. The van der Waals surface area contributed by atoms with Crippen molar-refractivity contribution in [3.8, 4) is 0 Å². The van der Waals surface area contributed by atoms with Gasteiger partial charge in [0.15, 0.2) is 0 Å². The van der Waals surface area contributed by atoms with Crippen LogP contribution in [0.1, 0.15) is 31.2 Å². The number of alkyl halides is 2. The molecule has 0 unspecified atom stereocenters. The number of nitrogens with one attached hydrogen (secondary N) is 2. The van der Waals surface area contributed by atoms with E-state index in [0.29, 0.717) is 24.1 Å². The van der Waals surface area contributed by atoms with E-state index in [1.165, 1.54) is 23.1 Å². The fourth-order valence-corrected chi connectivity index (χ4v) is 4.28. The fraction of sp³-hybridized carbons (Fsp3) is 0.529. The third-order valence-corrected chi connectivity index (χ3v) is 5.28. The zero-order valence-corrected chi connectivity index (χ0v) is 13.4. The van der Waals surface area contributed by atoms with Crippen LogP contribution >= 0.6 is 0 Å². The molecule has 2 saturated carbocycles. The molecule has 3 aliphatic rings. The predicted octanol–water partition coefficient (Wildman–Crippen LogP) is 2.87. The third kappa shape index (κ3) is 3.05. The van der Waals surface area contributed by atoms with Gasteiger partial charge in [-0.25, -0.2) is 18.0 Å². The Hall–Kier alpha value is -2.25. The summed E-state index contributed by atoms with van der Waals surface area (Å²) in [6, 6.07) is 3.55. The zero-order valence-electron chi connectivity index (χ0n) is 13.4. The molecule has 2 aliphatic carbocycles. The number of hydrogen-bond acceptors (Lipinski definition) is 2. The van der Waals surface area contributed by atoms with E-state index in [1.54, 1.807) is 0 Å². The first-order valence-corrected chi connectivity index (χ1v) is 8.25. The molecule has 0 atom stereocenters. The van der Waals surface area contributed by atoms with Crippen LogP contribution in [0.4, 0.5) is 23.7 Å². The number of anilines is 1. The summed E-state index contributed by atoms with van der Waals surface area (Å²) >= 11 is 0. The minimum atomic E-state index is -2.55. The Labute approximate surface area is 142 Å². The van der Waals surface area contributed by atoms with Crippen LogP contribution in [-0.4, -0.2) is 35.3 Å². The first-order valence-electron chi connectivity index (χ1n) is 8.25. The molecule has 5 nitrogen and oxygen atoms in total. The average molecular weight is 353 g/mol. The summed E-state index contributed by atoms with van der Waals surface area (Å²) in [6.07, 6.45) is 0.940. The second-order valence-electron chi connectivity index (χ2n) is 7.47. The van der Waals surface area contributed by atoms with Crippen LogP contribution in [-0.2, 0) is 11.3 Å². The molecule has 2 fully saturated rings. The number of amides is 3. The molecule has 25 heavy (non-hydrogen) atoms. The smallest absolute Gasteiger partial charge is 0.322 e. The Morgan fingerprint density at radius 1 is 1.32 bits per heavy atom. The van der Waals surface area contributed by atoms with Crippen LogP contribution in [0.15, 0.2) is 18.2 Å². The second-order valence-corrected chi connectivity index (χ2v) is 7.47. The Kier molecular flexibility index (Phi) is 3.49. The number of urea groups is 1. The molecule has 0 radical (unpaired) electrons.